The molecular formula is C11H12FNO. The fourth-order valence-electron chi connectivity index (χ4n) is 1.13. The molecule has 0 aromatic heterocycles. The second-order valence-electron chi connectivity index (χ2n) is 2.88. The summed E-state index contributed by atoms with van der Waals surface area (Å²) in [6, 6.07) is 5.86. The Labute approximate surface area is 82.4 Å². The van der Waals surface area contributed by atoms with Gasteiger partial charge in [-0.15, -0.1) is 6.58 Å². The SMILES string of the molecule is C=CCC/C(=N\O)c1ccc(F)cc1. The van der Waals surface area contributed by atoms with Crippen molar-refractivity contribution in [1.82, 2.24) is 0 Å². The van der Waals surface area contributed by atoms with Crippen LogP contribution < -0.4 is 0 Å². The number of benzene rings is 1. The summed E-state index contributed by atoms with van der Waals surface area (Å²) < 4.78 is 12.6. The van der Waals surface area contributed by atoms with E-state index >= 15 is 0 Å². The summed E-state index contributed by atoms with van der Waals surface area (Å²) in [5, 5.41) is 11.9. The van der Waals surface area contributed by atoms with Crippen LogP contribution in [0, 0.1) is 5.82 Å². The Hall–Kier alpha value is -1.64. The highest BCUT2D eigenvalue weighted by Crippen LogP contribution is 2.08. The standard InChI is InChI=1S/C11H12FNO/c1-2-3-4-11(13-14)9-5-7-10(12)8-6-9/h2,5-8,14H,1,3-4H2/b13-11+. The van der Waals surface area contributed by atoms with Crippen LogP contribution in [0.4, 0.5) is 4.39 Å². The number of hydrogen-bond donors (Lipinski definition) is 1. The molecule has 0 aliphatic heterocycles. The summed E-state index contributed by atoms with van der Waals surface area (Å²) in [5.41, 5.74) is 1.28. The van der Waals surface area contributed by atoms with Gasteiger partial charge in [0.15, 0.2) is 0 Å². The molecule has 0 unspecified atom stereocenters. The molecule has 1 aromatic rings. The van der Waals surface area contributed by atoms with Gasteiger partial charge in [0.2, 0.25) is 0 Å². The first kappa shape index (κ1) is 10.4. The molecule has 0 heterocycles. The predicted octanol–water partition coefficient (Wildman–Crippen LogP) is 2.97. The number of halogens is 1. The Morgan fingerprint density at radius 3 is 2.57 bits per heavy atom. The van der Waals surface area contributed by atoms with Gasteiger partial charge in [0.1, 0.15) is 5.82 Å². The lowest BCUT2D eigenvalue weighted by atomic mass is 10.1. The van der Waals surface area contributed by atoms with Crippen LogP contribution in [0.25, 0.3) is 0 Å². The van der Waals surface area contributed by atoms with Crippen LogP contribution in [-0.2, 0) is 0 Å². The molecule has 0 aliphatic rings. The highest BCUT2D eigenvalue weighted by molar-refractivity contribution is 6.00. The van der Waals surface area contributed by atoms with E-state index in [1.54, 1.807) is 18.2 Å². The van der Waals surface area contributed by atoms with Crippen molar-refractivity contribution < 1.29 is 9.60 Å². The molecular weight excluding hydrogens is 181 g/mol. The molecule has 0 aliphatic carbocycles. The van der Waals surface area contributed by atoms with Crippen molar-refractivity contribution in [2.75, 3.05) is 0 Å². The summed E-state index contributed by atoms with van der Waals surface area (Å²) in [4.78, 5) is 0. The highest BCUT2D eigenvalue weighted by Gasteiger charge is 2.02. The van der Waals surface area contributed by atoms with Gasteiger partial charge in [-0.3, -0.25) is 0 Å². The summed E-state index contributed by atoms with van der Waals surface area (Å²) in [6.45, 7) is 3.58. The first-order valence-electron chi connectivity index (χ1n) is 4.35. The van der Waals surface area contributed by atoms with Crippen LogP contribution in [-0.4, -0.2) is 10.9 Å². The smallest absolute Gasteiger partial charge is 0.123 e. The maximum atomic E-state index is 12.6. The molecule has 0 amide bonds. The van der Waals surface area contributed by atoms with E-state index in [9.17, 15) is 4.39 Å². The maximum Gasteiger partial charge on any atom is 0.123 e. The molecule has 0 saturated carbocycles. The van der Waals surface area contributed by atoms with Gasteiger partial charge in [-0.25, -0.2) is 4.39 Å². The third-order valence-corrected chi connectivity index (χ3v) is 1.88. The van der Waals surface area contributed by atoms with Crippen LogP contribution in [0.1, 0.15) is 18.4 Å². The minimum absolute atomic E-state index is 0.297. The van der Waals surface area contributed by atoms with Crippen molar-refractivity contribution >= 4 is 5.71 Å². The van der Waals surface area contributed by atoms with Crippen LogP contribution in [0.2, 0.25) is 0 Å². The van der Waals surface area contributed by atoms with Gasteiger partial charge in [0.05, 0.1) is 5.71 Å². The van der Waals surface area contributed by atoms with Crippen molar-refractivity contribution in [1.29, 1.82) is 0 Å². The average molecular weight is 193 g/mol. The number of hydrogen-bond acceptors (Lipinski definition) is 2. The zero-order valence-electron chi connectivity index (χ0n) is 7.78. The zero-order chi connectivity index (χ0) is 10.4. The van der Waals surface area contributed by atoms with Crippen molar-refractivity contribution in [2.24, 2.45) is 5.16 Å². The number of allylic oxidation sites excluding steroid dienone is 1. The quantitative estimate of drug-likeness (QED) is 0.339. The molecule has 0 spiro atoms. The van der Waals surface area contributed by atoms with Crippen LogP contribution in [0.5, 0.6) is 0 Å². The number of oxime groups is 1. The molecule has 3 heteroatoms. The maximum absolute atomic E-state index is 12.6. The summed E-state index contributed by atoms with van der Waals surface area (Å²) in [6.07, 6.45) is 3.08. The first-order chi connectivity index (χ1) is 6.77. The van der Waals surface area contributed by atoms with E-state index in [0.717, 1.165) is 12.0 Å². The first-order valence-corrected chi connectivity index (χ1v) is 4.35. The van der Waals surface area contributed by atoms with Crippen LogP contribution in [0.3, 0.4) is 0 Å². The normalized spacial score (nSPS) is 11.4. The van der Waals surface area contributed by atoms with Gasteiger partial charge in [0.25, 0.3) is 0 Å². The third kappa shape index (κ3) is 2.69. The molecule has 2 nitrogen and oxygen atoms in total. The zero-order valence-corrected chi connectivity index (χ0v) is 7.78. The van der Waals surface area contributed by atoms with Gasteiger partial charge in [-0.1, -0.05) is 23.4 Å². The van der Waals surface area contributed by atoms with E-state index < -0.39 is 0 Å². The second-order valence-corrected chi connectivity index (χ2v) is 2.88. The predicted molar refractivity (Wildman–Crippen MR) is 54.2 cm³/mol. The summed E-state index contributed by atoms with van der Waals surface area (Å²) >= 11 is 0. The molecule has 1 N–H and O–H groups in total. The highest BCUT2D eigenvalue weighted by atomic mass is 19.1. The Morgan fingerprint density at radius 1 is 1.43 bits per heavy atom. The van der Waals surface area contributed by atoms with E-state index in [2.05, 4.69) is 11.7 Å². The average Bonchev–Trinajstić information content (AvgIpc) is 2.21. The largest absolute Gasteiger partial charge is 0.411 e. The van der Waals surface area contributed by atoms with Crippen molar-refractivity contribution in [2.45, 2.75) is 12.8 Å². The Kier molecular flexibility index (Phi) is 3.85. The molecule has 0 fully saturated rings. The lowest BCUT2D eigenvalue weighted by molar-refractivity contribution is 0.318. The van der Waals surface area contributed by atoms with E-state index in [-0.39, 0.29) is 5.82 Å². The Balaban J connectivity index is 2.79. The van der Waals surface area contributed by atoms with E-state index in [4.69, 9.17) is 5.21 Å². The molecule has 1 aromatic carbocycles. The van der Waals surface area contributed by atoms with Gasteiger partial charge in [0, 0.05) is 0 Å². The second kappa shape index (κ2) is 5.17. The van der Waals surface area contributed by atoms with E-state index in [1.807, 2.05) is 0 Å². The van der Waals surface area contributed by atoms with Gasteiger partial charge >= 0.3 is 0 Å². The van der Waals surface area contributed by atoms with Crippen LogP contribution >= 0.6 is 0 Å². The monoisotopic (exact) mass is 193 g/mol. The molecule has 14 heavy (non-hydrogen) atoms. The fraction of sp³-hybridized carbons (Fsp3) is 0.182. The summed E-state index contributed by atoms with van der Waals surface area (Å²) in [7, 11) is 0. The minimum Gasteiger partial charge on any atom is -0.411 e. The fourth-order valence-corrected chi connectivity index (χ4v) is 1.13. The lowest BCUT2D eigenvalue weighted by Crippen LogP contribution is -2.00. The van der Waals surface area contributed by atoms with Crippen molar-refractivity contribution in [3.05, 3.63) is 48.3 Å². The van der Waals surface area contributed by atoms with Gasteiger partial charge < -0.3 is 5.21 Å². The number of nitrogens with zero attached hydrogens (tertiary/aromatic N) is 1. The van der Waals surface area contributed by atoms with E-state index in [1.165, 1.54) is 12.1 Å². The molecule has 0 saturated heterocycles. The van der Waals surface area contributed by atoms with Crippen molar-refractivity contribution in [3.8, 4) is 0 Å². The van der Waals surface area contributed by atoms with Gasteiger partial charge in [-0.2, -0.15) is 0 Å². The molecule has 0 atom stereocenters. The third-order valence-electron chi connectivity index (χ3n) is 1.88. The minimum atomic E-state index is -0.297. The Bertz CT molecular complexity index is 330. The lowest BCUT2D eigenvalue weighted by Gasteiger charge is -2.02. The van der Waals surface area contributed by atoms with Crippen molar-refractivity contribution in [3.63, 3.8) is 0 Å². The summed E-state index contributed by atoms with van der Waals surface area (Å²) in [5.74, 6) is -0.297. The number of rotatable bonds is 4. The molecule has 74 valence electrons. The molecule has 0 radical (unpaired) electrons. The topological polar surface area (TPSA) is 32.6 Å². The Morgan fingerprint density at radius 2 is 2.07 bits per heavy atom. The van der Waals surface area contributed by atoms with Crippen LogP contribution in [0.15, 0.2) is 42.1 Å². The molecule has 1 rings (SSSR count). The molecule has 0 bridgehead atoms. The van der Waals surface area contributed by atoms with Gasteiger partial charge in [-0.05, 0) is 30.5 Å². The van der Waals surface area contributed by atoms with E-state index in [0.29, 0.717) is 12.1 Å².